The van der Waals surface area contributed by atoms with Gasteiger partial charge in [0.2, 0.25) is 0 Å². The molecule has 0 spiro atoms. The quantitative estimate of drug-likeness (QED) is 0.705. The van der Waals surface area contributed by atoms with E-state index in [0.29, 0.717) is 6.04 Å². The van der Waals surface area contributed by atoms with Crippen molar-refractivity contribution in [3.8, 4) is 5.69 Å². The number of fused-ring (bicyclic) bond motifs is 1. The van der Waals surface area contributed by atoms with E-state index in [1.165, 1.54) is 0 Å². The number of carbonyl (C=O) groups is 1. The number of carbonyl (C=O) groups excluding carboxylic acids is 1. The molecule has 2 aromatic carbocycles. The van der Waals surface area contributed by atoms with Gasteiger partial charge in [0.15, 0.2) is 0 Å². The minimum absolute atomic E-state index is 0. The van der Waals surface area contributed by atoms with Crippen LogP contribution in [0.3, 0.4) is 0 Å². The molecule has 1 fully saturated rings. The Morgan fingerprint density at radius 3 is 2.52 bits per heavy atom. The number of para-hydroxylation sites is 2. The van der Waals surface area contributed by atoms with Crippen molar-refractivity contribution in [3.05, 3.63) is 60.4 Å². The van der Waals surface area contributed by atoms with Crippen LogP contribution in [0.4, 0.5) is 0 Å². The topological polar surface area (TPSA) is 50.2 Å². The van der Waals surface area contributed by atoms with Crippen molar-refractivity contribution < 1.29 is 4.79 Å². The fourth-order valence-electron chi connectivity index (χ4n) is 3.44. The summed E-state index contributed by atoms with van der Waals surface area (Å²) in [6.07, 6.45) is 1.82. The molecule has 2 atom stereocenters. The third-order valence-corrected chi connectivity index (χ3v) is 5.14. The molecule has 1 saturated heterocycles. The standard InChI is InChI=1S/C20H22N4O.2ClH/c1-14-15(2)23(12-11-21-14)20(25)16-7-9-17(10-8-16)24-13-22-18-5-3-4-6-19(18)24;;/h3-10,13-15,21H,11-12H2,1-2H3;2*1H. The summed E-state index contributed by atoms with van der Waals surface area (Å²) < 4.78 is 2.04. The first-order valence-electron chi connectivity index (χ1n) is 8.72. The van der Waals surface area contributed by atoms with Crippen molar-refractivity contribution in [3.63, 3.8) is 0 Å². The van der Waals surface area contributed by atoms with Gasteiger partial charge in [-0.25, -0.2) is 4.98 Å². The van der Waals surface area contributed by atoms with Gasteiger partial charge in [-0.15, -0.1) is 24.8 Å². The van der Waals surface area contributed by atoms with Crippen LogP contribution in [0, 0.1) is 0 Å². The van der Waals surface area contributed by atoms with Crippen molar-refractivity contribution in [1.82, 2.24) is 19.8 Å². The molecule has 7 heteroatoms. The molecule has 0 radical (unpaired) electrons. The highest BCUT2D eigenvalue weighted by Crippen LogP contribution is 2.20. The van der Waals surface area contributed by atoms with Gasteiger partial charge in [-0.05, 0) is 50.2 Å². The number of rotatable bonds is 2. The molecule has 2 unspecified atom stereocenters. The maximum Gasteiger partial charge on any atom is 0.254 e. The second-order valence-electron chi connectivity index (χ2n) is 6.63. The summed E-state index contributed by atoms with van der Waals surface area (Å²) in [7, 11) is 0. The highest BCUT2D eigenvalue weighted by molar-refractivity contribution is 5.94. The zero-order chi connectivity index (χ0) is 17.4. The predicted octanol–water partition coefficient (Wildman–Crippen LogP) is 3.69. The van der Waals surface area contributed by atoms with Crippen LogP contribution in [-0.4, -0.2) is 45.5 Å². The summed E-state index contributed by atoms with van der Waals surface area (Å²) in [4.78, 5) is 19.2. The molecule has 1 aliphatic rings. The van der Waals surface area contributed by atoms with Crippen LogP contribution in [0.2, 0.25) is 0 Å². The number of amides is 1. The van der Waals surface area contributed by atoms with Gasteiger partial charge in [-0.1, -0.05) is 12.1 Å². The molecule has 5 nitrogen and oxygen atoms in total. The molecule has 144 valence electrons. The van der Waals surface area contributed by atoms with E-state index in [-0.39, 0.29) is 36.8 Å². The predicted molar refractivity (Wildman–Crippen MR) is 114 cm³/mol. The van der Waals surface area contributed by atoms with E-state index in [0.717, 1.165) is 35.4 Å². The average molecular weight is 407 g/mol. The van der Waals surface area contributed by atoms with Gasteiger partial charge in [0.1, 0.15) is 6.33 Å². The fraction of sp³-hybridized carbons (Fsp3) is 0.300. The number of nitrogens with one attached hydrogen (secondary N) is 1. The van der Waals surface area contributed by atoms with Gasteiger partial charge >= 0.3 is 0 Å². The first kappa shape index (κ1) is 21.2. The monoisotopic (exact) mass is 406 g/mol. The average Bonchev–Trinajstić information content (AvgIpc) is 3.08. The lowest BCUT2D eigenvalue weighted by atomic mass is 10.1. The van der Waals surface area contributed by atoms with Gasteiger partial charge in [0.25, 0.3) is 5.91 Å². The molecule has 1 aromatic heterocycles. The normalized spacial score (nSPS) is 19.3. The molecular weight excluding hydrogens is 383 g/mol. The van der Waals surface area contributed by atoms with Crippen LogP contribution in [-0.2, 0) is 0 Å². The molecule has 3 aromatic rings. The van der Waals surface area contributed by atoms with Gasteiger partial charge < -0.3 is 10.2 Å². The largest absolute Gasteiger partial charge is 0.333 e. The number of aromatic nitrogens is 2. The van der Waals surface area contributed by atoms with Crippen LogP contribution in [0.5, 0.6) is 0 Å². The third-order valence-electron chi connectivity index (χ3n) is 5.14. The zero-order valence-electron chi connectivity index (χ0n) is 15.3. The van der Waals surface area contributed by atoms with E-state index >= 15 is 0 Å². The summed E-state index contributed by atoms with van der Waals surface area (Å²) in [5, 5.41) is 3.41. The molecule has 2 heterocycles. The van der Waals surface area contributed by atoms with E-state index in [9.17, 15) is 4.79 Å². The Labute approximate surface area is 171 Å². The van der Waals surface area contributed by atoms with Crippen LogP contribution >= 0.6 is 24.8 Å². The summed E-state index contributed by atoms with van der Waals surface area (Å²) >= 11 is 0. The van der Waals surface area contributed by atoms with E-state index in [1.54, 1.807) is 0 Å². The van der Waals surface area contributed by atoms with Crippen LogP contribution in [0.15, 0.2) is 54.9 Å². The first-order valence-corrected chi connectivity index (χ1v) is 8.72. The number of benzene rings is 2. The van der Waals surface area contributed by atoms with Crippen LogP contribution < -0.4 is 5.32 Å². The van der Waals surface area contributed by atoms with E-state index < -0.39 is 0 Å². The van der Waals surface area contributed by atoms with Crippen molar-refractivity contribution in [1.29, 1.82) is 0 Å². The van der Waals surface area contributed by atoms with Crippen molar-refractivity contribution in [2.24, 2.45) is 0 Å². The first-order chi connectivity index (χ1) is 12.1. The molecule has 1 aliphatic heterocycles. The molecule has 27 heavy (non-hydrogen) atoms. The Balaban J connectivity index is 0.00000131. The lowest BCUT2D eigenvalue weighted by Crippen LogP contribution is -2.57. The van der Waals surface area contributed by atoms with Gasteiger partial charge in [-0.2, -0.15) is 0 Å². The second-order valence-corrected chi connectivity index (χ2v) is 6.63. The number of halogens is 2. The maximum absolute atomic E-state index is 12.8. The molecule has 4 rings (SSSR count). The van der Waals surface area contributed by atoms with E-state index in [1.807, 2.05) is 64.3 Å². The minimum atomic E-state index is 0. The van der Waals surface area contributed by atoms with Crippen molar-refractivity contribution in [2.75, 3.05) is 13.1 Å². The zero-order valence-corrected chi connectivity index (χ0v) is 17.0. The van der Waals surface area contributed by atoms with Crippen LogP contribution in [0.25, 0.3) is 16.7 Å². The lowest BCUT2D eigenvalue weighted by molar-refractivity contribution is 0.0603. The highest BCUT2D eigenvalue weighted by atomic mass is 35.5. The number of hydrogen-bond acceptors (Lipinski definition) is 3. The Morgan fingerprint density at radius 2 is 1.78 bits per heavy atom. The third kappa shape index (κ3) is 3.95. The molecule has 0 saturated carbocycles. The summed E-state index contributed by atoms with van der Waals surface area (Å²) in [5.41, 5.74) is 3.76. The minimum Gasteiger partial charge on any atom is -0.333 e. The maximum atomic E-state index is 12.8. The molecule has 1 amide bonds. The molecule has 0 aliphatic carbocycles. The number of nitrogens with zero attached hydrogens (tertiary/aromatic N) is 3. The van der Waals surface area contributed by atoms with Crippen molar-refractivity contribution in [2.45, 2.75) is 25.9 Å². The van der Waals surface area contributed by atoms with E-state index in [4.69, 9.17) is 0 Å². The van der Waals surface area contributed by atoms with Gasteiger partial charge in [0.05, 0.1) is 11.0 Å². The number of piperazine rings is 1. The smallest absolute Gasteiger partial charge is 0.254 e. The molecular formula is C20H24Cl2N4O. The second kappa shape index (κ2) is 8.74. The molecule has 0 bridgehead atoms. The number of imidazole rings is 1. The molecule has 1 N–H and O–H groups in total. The SMILES string of the molecule is CC1NCCN(C(=O)c2ccc(-n3cnc4ccccc43)cc2)C1C.Cl.Cl. The Kier molecular flexibility index (Phi) is 6.87. The summed E-state index contributed by atoms with van der Waals surface area (Å²) in [6.45, 7) is 5.81. The number of hydrogen-bond donors (Lipinski definition) is 1. The van der Waals surface area contributed by atoms with Crippen LogP contribution in [0.1, 0.15) is 24.2 Å². The van der Waals surface area contributed by atoms with E-state index in [2.05, 4.69) is 24.1 Å². The Hall–Kier alpha value is -2.08. The summed E-state index contributed by atoms with van der Waals surface area (Å²) in [5.74, 6) is 0.0999. The Morgan fingerprint density at radius 1 is 1.07 bits per heavy atom. The van der Waals surface area contributed by atoms with Crippen molar-refractivity contribution >= 4 is 41.8 Å². The summed E-state index contributed by atoms with van der Waals surface area (Å²) in [6, 6.07) is 16.3. The fourth-order valence-corrected chi connectivity index (χ4v) is 3.44. The lowest BCUT2D eigenvalue weighted by Gasteiger charge is -2.38. The highest BCUT2D eigenvalue weighted by Gasteiger charge is 2.28. The van der Waals surface area contributed by atoms with Gasteiger partial charge in [0, 0.05) is 36.4 Å². The Bertz CT molecular complexity index is 910. The van der Waals surface area contributed by atoms with Gasteiger partial charge in [-0.3, -0.25) is 9.36 Å².